The van der Waals surface area contributed by atoms with E-state index in [1.807, 2.05) is 36.4 Å². The monoisotopic (exact) mass is 643 g/mol. The van der Waals surface area contributed by atoms with Gasteiger partial charge in [-0.15, -0.1) is 11.8 Å². The van der Waals surface area contributed by atoms with Crippen LogP contribution in [0.5, 0.6) is 0 Å². The minimum absolute atomic E-state index is 0.0184. The predicted octanol–water partition coefficient (Wildman–Crippen LogP) is 7.18. The highest BCUT2D eigenvalue weighted by Gasteiger charge is 2.24. The summed E-state index contributed by atoms with van der Waals surface area (Å²) in [5.41, 5.74) is 3.19. The average molecular weight is 644 g/mol. The number of rotatable bonds is 11. The predicted molar refractivity (Wildman–Crippen MR) is 183 cm³/mol. The molecule has 0 bridgehead atoms. The van der Waals surface area contributed by atoms with Crippen molar-refractivity contribution in [3.05, 3.63) is 166 Å². The molecule has 0 fully saturated rings. The Morgan fingerprint density at radius 3 is 2.28 bits per heavy atom. The van der Waals surface area contributed by atoms with E-state index in [4.69, 9.17) is 0 Å². The lowest BCUT2D eigenvalue weighted by Crippen LogP contribution is -2.30. The van der Waals surface area contributed by atoms with Gasteiger partial charge in [0.05, 0.1) is 4.92 Å². The summed E-state index contributed by atoms with van der Waals surface area (Å²) in [7, 11) is 0. The van der Waals surface area contributed by atoms with E-state index < -0.39 is 22.0 Å². The van der Waals surface area contributed by atoms with Crippen molar-refractivity contribution in [2.24, 2.45) is 0 Å². The number of anilines is 2. The van der Waals surface area contributed by atoms with Gasteiger partial charge in [-0.1, -0.05) is 60.7 Å². The van der Waals surface area contributed by atoms with Crippen LogP contribution in [0.4, 0.5) is 17.1 Å². The number of pyridine rings is 1. The first-order valence-electron chi connectivity index (χ1n) is 14.4. The fourth-order valence-corrected chi connectivity index (χ4v) is 5.64. The fourth-order valence-electron chi connectivity index (χ4n) is 4.55. The van der Waals surface area contributed by atoms with Crippen molar-refractivity contribution >= 4 is 52.6 Å². The zero-order chi connectivity index (χ0) is 33.2. The standard InChI is InChI=1S/C36H29N5O5S/c1-24-20-29(41(45)46)17-18-31(24)39-36(44)33(26-11-4-2-5-12-26)47-30-16-8-15-28(22-30)38-35(43)32(21-25-10-9-19-37-23-25)40-34(42)27-13-6-3-7-14-27/h2-23,33H,1H3,(H,38,43)(H,39,44)(H,40,42)/b32-21-. The number of amides is 3. The maximum Gasteiger partial charge on any atom is 0.272 e. The topological polar surface area (TPSA) is 143 Å². The van der Waals surface area contributed by atoms with Gasteiger partial charge in [0, 0.05) is 46.4 Å². The molecule has 0 saturated heterocycles. The highest BCUT2D eigenvalue weighted by molar-refractivity contribution is 8.00. The van der Waals surface area contributed by atoms with Crippen LogP contribution in [0.15, 0.2) is 138 Å². The molecule has 3 N–H and O–H groups in total. The number of carbonyl (C=O) groups excluding carboxylic acids is 3. The summed E-state index contributed by atoms with van der Waals surface area (Å²) in [4.78, 5) is 55.6. The third kappa shape index (κ3) is 8.77. The Labute approximate surface area is 275 Å². The third-order valence-electron chi connectivity index (χ3n) is 6.89. The van der Waals surface area contributed by atoms with Crippen LogP contribution in [0.1, 0.15) is 32.3 Å². The van der Waals surface area contributed by atoms with Crippen LogP contribution in [0.25, 0.3) is 6.08 Å². The first-order valence-corrected chi connectivity index (χ1v) is 15.3. The highest BCUT2D eigenvalue weighted by Crippen LogP contribution is 2.37. The summed E-state index contributed by atoms with van der Waals surface area (Å²) < 4.78 is 0. The molecule has 3 amide bonds. The van der Waals surface area contributed by atoms with Crippen molar-refractivity contribution in [1.82, 2.24) is 10.3 Å². The Morgan fingerprint density at radius 1 is 0.851 bits per heavy atom. The molecule has 1 unspecified atom stereocenters. The lowest BCUT2D eigenvalue weighted by atomic mass is 10.1. The molecule has 1 atom stereocenters. The van der Waals surface area contributed by atoms with E-state index in [1.54, 1.807) is 80.0 Å². The van der Waals surface area contributed by atoms with Crippen LogP contribution in [0.2, 0.25) is 0 Å². The first-order chi connectivity index (χ1) is 22.8. The number of aryl methyl sites for hydroxylation is 1. The molecule has 1 heterocycles. The molecule has 5 aromatic rings. The number of nitro groups is 1. The second-order valence-electron chi connectivity index (χ2n) is 10.3. The number of carbonyl (C=O) groups is 3. The van der Waals surface area contributed by atoms with Gasteiger partial charge in [0.25, 0.3) is 17.5 Å². The fraction of sp³-hybridized carbons (Fsp3) is 0.0556. The molecule has 0 aliphatic rings. The average Bonchev–Trinajstić information content (AvgIpc) is 3.09. The number of benzene rings is 4. The molecule has 5 rings (SSSR count). The number of nitro benzene ring substituents is 1. The van der Waals surface area contributed by atoms with Gasteiger partial charge in [0.2, 0.25) is 5.91 Å². The number of hydrogen-bond donors (Lipinski definition) is 3. The van der Waals surface area contributed by atoms with E-state index in [0.717, 1.165) is 5.56 Å². The van der Waals surface area contributed by atoms with Crippen LogP contribution in [-0.4, -0.2) is 27.6 Å². The lowest BCUT2D eigenvalue weighted by molar-refractivity contribution is -0.384. The van der Waals surface area contributed by atoms with Crippen LogP contribution in [0.3, 0.4) is 0 Å². The SMILES string of the molecule is Cc1cc([N+](=O)[O-])ccc1NC(=O)C(Sc1cccc(NC(=O)/C(=C/c2cccnc2)NC(=O)c2ccccc2)c1)c1ccccc1. The molecule has 0 saturated carbocycles. The van der Waals surface area contributed by atoms with Gasteiger partial charge in [-0.25, -0.2) is 0 Å². The molecule has 1 aromatic heterocycles. The Hall–Kier alpha value is -6.07. The van der Waals surface area contributed by atoms with E-state index in [9.17, 15) is 24.5 Å². The van der Waals surface area contributed by atoms with Gasteiger partial charge in [-0.05, 0) is 72.2 Å². The molecule has 4 aromatic carbocycles. The first kappa shape index (κ1) is 32.3. The van der Waals surface area contributed by atoms with Crippen molar-refractivity contribution in [2.45, 2.75) is 17.1 Å². The lowest BCUT2D eigenvalue weighted by Gasteiger charge is -2.18. The second kappa shape index (κ2) is 15.3. The molecule has 0 aliphatic heterocycles. The van der Waals surface area contributed by atoms with Crippen LogP contribution >= 0.6 is 11.8 Å². The van der Waals surface area contributed by atoms with Gasteiger partial charge < -0.3 is 16.0 Å². The minimum Gasteiger partial charge on any atom is -0.325 e. The number of aromatic nitrogens is 1. The summed E-state index contributed by atoms with van der Waals surface area (Å²) >= 11 is 1.28. The second-order valence-corrected chi connectivity index (χ2v) is 11.5. The normalized spacial score (nSPS) is 11.6. The summed E-state index contributed by atoms with van der Waals surface area (Å²) in [6, 6.07) is 32.6. The summed E-state index contributed by atoms with van der Waals surface area (Å²) in [5.74, 6) is -1.32. The van der Waals surface area contributed by atoms with Gasteiger partial charge in [-0.3, -0.25) is 29.5 Å². The van der Waals surface area contributed by atoms with Crippen molar-refractivity contribution in [1.29, 1.82) is 0 Å². The number of non-ortho nitro benzene ring substituents is 1. The molecular weight excluding hydrogens is 614 g/mol. The summed E-state index contributed by atoms with van der Waals surface area (Å²) in [6.07, 6.45) is 4.72. The molecule has 0 radical (unpaired) electrons. The van der Waals surface area contributed by atoms with E-state index in [-0.39, 0.29) is 17.3 Å². The largest absolute Gasteiger partial charge is 0.325 e. The quantitative estimate of drug-likeness (QED) is 0.0599. The smallest absolute Gasteiger partial charge is 0.272 e. The Balaban J connectivity index is 1.37. The van der Waals surface area contributed by atoms with Crippen molar-refractivity contribution in [2.75, 3.05) is 10.6 Å². The third-order valence-corrected chi connectivity index (χ3v) is 8.14. The van der Waals surface area contributed by atoms with Gasteiger partial charge in [0.15, 0.2) is 0 Å². The zero-order valence-corrected chi connectivity index (χ0v) is 25.9. The Bertz CT molecular complexity index is 1940. The van der Waals surface area contributed by atoms with Crippen LogP contribution in [-0.2, 0) is 9.59 Å². The van der Waals surface area contributed by atoms with Gasteiger partial charge in [0.1, 0.15) is 10.9 Å². The zero-order valence-electron chi connectivity index (χ0n) is 25.1. The summed E-state index contributed by atoms with van der Waals surface area (Å²) in [5, 5.41) is 18.9. The van der Waals surface area contributed by atoms with Crippen molar-refractivity contribution in [3.63, 3.8) is 0 Å². The number of thioether (sulfide) groups is 1. The summed E-state index contributed by atoms with van der Waals surface area (Å²) in [6.45, 7) is 1.69. The van der Waals surface area contributed by atoms with E-state index in [0.29, 0.717) is 33.0 Å². The Kier molecular flexibility index (Phi) is 10.5. The van der Waals surface area contributed by atoms with E-state index in [1.165, 1.54) is 36.0 Å². The number of nitrogens with one attached hydrogen (secondary N) is 3. The molecule has 47 heavy (non-hydrogen) atoms. The van der Waals surface area contributed by atoms with Gasteiger partial charge >= 0.3 is 0 Å². The van der Waals surface area contributed by atoms with Crippen molar-refractivity contribution in [3.8, 4) is 0 Å². The van der Waals surface area contributed by atoms with Gasteiger partial charge in [-0.2, -0.15) is 0 Å². The Morgan fingerprint density at radius 2 is 1.60 bits per heavy atom. The van der Waals surface area contributed by atoms with E-state index in [2.05, 4.69) is 20.9 Å². The molecule has 0 aliphatic carbocycles. The van der Waals surface area contributed by atoms with Crippen molar-refractivity contribution < 1.29 is 19.3 Å². The maximum absolute atomic E-state index is 13.6. The molecule has 11 heteroatoms. The maximum atomic E-state index is 13.6. The number of hydrogen-bond acceptors (Lipinski definition) is 7. The molecule has 234 valence electrons. The van der Waals surface area contributed by atoms with Crippen LogP contribution in [0, 0.1) is 17.0 Å². The van der Waals surface area contributed by atoms with Crippen LogP contribution < -0.4 is 16.0 Å². The highest BCUT2D eigenvalue weighted by atomic mass is 32.2. The number of nitrogens with zero attached hydrogens (tertiary/aromatic N) is 2. The minimum atomic E-state index is -0.692. The molecule has 0 spiro atoms. The molecular formula is C36H29N5O5S. The van der Waals surface area contributed by atoms with E-state index >= 15 is 0 Å². The molecule has 10 nitrogen and oxygen atoms in total.